The van der Waals surface area contributed by atoms with E-state index in [0.717, 1.165) is 11.0 Å². The lowest BCUT2D eigenvalue weighted by Gasteiger charge is -2.13. The molecule has 26 heavy (non-hydrogen) atoms. The second-order valence-corrected chi connectivity index (χ2v) is 5.71. The second-order valence-electron chi connectivity index (χ2n) is 5.71. The van der Waals surface area contributed by atoms with Crippen molar-refractivity contribution < 1.29 is 5.11 Å². The monoisotopic (exact) mass is 336 g/mol. The summed E-state index contributed by atoms with van der Waals surface area (Å²) in [5, 5.41) is 29.0. The van der Waals surface area contributed by atoms with E-state index in [9.17, 15) is 10.4 Å². The van der Waals surface area contributed by atoms with Crippen molar-refractivity contribution in [2.24, 2.45) is 0 Å². The fraction of sp³-hybridized carbons (Fsp3) is 0. The van der Waals surface area contributed by atoms with Gasteiger partial charge in [0.05, 0.1) is 28.4 Å². The first-order chi connectivity index (χ1) is 12.7. The highest BCUT2D eigenvalue weighted by molar-refractivity contribution is 5.89. The highest BCUT2D eigenvalue weighted by Gasteiger charge is 2.18. The van der Waals surface area contributed by atoms with Crippen LogP contribution in [-0.2, 0) is 0 Å². The fourth-order valence-electron chi connectivity index (χ4n) is 3.14. The highest BCUT2D eigenvalue weighted by atomic mass is 16.3. The standard InChI is InChI=1S/C21H12N4O/c22-11-5-6-14-12-15(13-23)21-24-17-8-2-3-9-18(17)25(21)20(14)16-7-1-4-10-19(16)26/h1-10,12,26H/b6-5+. The maximum atomic E-state index is 10.4. The number of rotatable bonds is 2. The molecular formula is C21H12N4O. The Morgan fingerprint density at radius 3 is 2.58 bits per heavy atom. The third-order valence-electron chi connectivity index (χ3n) is 4.22. The summed E-state index contributed by atoms with van der Waals surface area (Å²) in [7, 11) is 0. The maximum Gasteiger partial charge on any atom is 0.156 e. The van der Waals surface area contributed by atoms with Gasteiger partial charge in [0.15, 0.2) is 5.65 Å². The van der Waals surface area contributed by atoms with E-state index in [1.54, 1.807) is 30.3 Å². The number of allylic oxidation sites excluding steroid dienone is 1. The Bertz CT molecular complexity index is 1270. The summed E-state index contributed by atoms with van der Waals surface area (Å²) in [6, 6.07) is 20.4. The SMILES string of the molecule is N#C/C=C/c1cc(C#N)c2nc3ccccc3n2c1-c1ccccc1O. The molecule has 0 aliphatic rings. The van der Waals surface area contributed by atoms with Crippen LogP contribution in [0.25, 0.3) is 34.0 Å². The second kappa shape index (κ2) is 6.08. The normalized spacial score (nSPS) is 11.0. The summed E-state index contributed by atoms with van der Waals surface area (Å²) >= 11 is 0. The summed E-state index contributed by atoms with van der Waals surface area (Å²) in [4.78, 5) is 4.59. The van der Waals surface area contributed by atoms with Crippen LogP contribution >= 0.6 is 0 Å². The van der Waals surface area contributed by atoms with Crippen LogP contribution in [0.5, 0.6) is 5.75 Å². The Balaban J connectivity index is 2.27. The van der Waals surface area contributed by atoms with E-state index in [1.807, 2.05) is 40.8 Å². The average molecular weight is 336 g/mol. The lowest BCUT2D eigenvalue weighted by atomic mass is 10.0. The molecule has 122 valence electrons. The van der Waals surface area contributed by atoms with Crippen molar-refractivity contribution >= 4 is 22.8 Å². The summed E-state index contributed by atoms with van der Waals surface area (Å²) in [6.07, 6.45) is 2.99. The molecule has 0 saturated heterocycles. The molecule has 5 heteroatoms. The summed E-state index contributed by atoms with van der Waals surface area (Å²) in [6.45, 7) is 0. The van der Waals surface area contributed by atoms with Crippen molar-refractivity contribution in [2.75, 3.05) is 0 Å². The van der Waals surface area contributed by atoms with Crippen LogP contribution in [0.1, 0.15) is 11.1 Å². The molecule has 0 radical (unpaired) electrons. The molecule has 0 saturated carbocycles. The maximum absolute atomic E-state index is 10.4. The van der Waals surface area contributed by atoms with Gasteiger partial charge < -0.3 is 5.11 Å². The predicted molar refractivity (Wildman–Crippen MR) is 99.2 cm³/mol. The Hall–Kier alpha value is -4.09. The minimum absolute atomic E-state index is 0.114. The van der Waals surface area contributed by atoms with Gasteiger partial charge in [-0.3, -0.25) is 4.40 Å². The molecule has 0 aliphatic heterocycles. The number of fused-ring (bicyclic) bond motifs is 3. The number of para-hydroxylation sites is 3. The van der Waals surface area contributed by atoms with Crippen LogP contribution in [0, 0.1) is 22.7 Å². The van der Waals surface area contributed by atoms with Crippen molar-refractivity contribution in [1.29, 1.82) is 10.5 Å². The van der Waals surface area contributed by atoms with Gasteiger partial charge in [-0.2, -0.15) is 10.5 Å². The van der Waals surface area contributed by atoms with Gasteiger partial charge in [-0.15, -0.1) is 0 Å². The van der Waals surface area contributed by atoms with Crippen molar-refractivity contribution in [3.63, 3.8) is 0 Å². The average Bonchev–Trinajstić information content (AvgIpc) is 3.06. The number of hydrogen-bond acceptors (Lipinski definition) is 4. The van der Waals surface area contributed by atoms with Gasteiger partial charge in [-0.05, 0) is 36.4 Å². The van der Waals surface area contributed by atoms with Gasteiger partial charge in [0.2, 0.25) is 0 Å². The van der Waals surface area contributed by atoms with Gasteiger partial charge in [-0.1, -0.05) is 24.3 Å². The van der Waals surface area contributed by atoms with Crippen molar-refractivity contribution in [3.05, 3.63) is 71.8 Å². The summed E-state index contributed by atoms with van der Waals surface area (Å²) in [5.41, 5.74) is 4.42. The van der Waals surface area contributed by atoms with E-state index in [-0.39, 0.29) is 5.75 Å². The molecule has 2 aromatic heterocycles. The van der Waals surface area contributed by atoms with E-state index < -0.39 is 0 Å². The number of aromatic hydroxyl groups is 1. The van der Waals surface area contributed by atoms with E-state index in [0.29, 0.717) is 28.0 Å². The molecule has 0 spiro atoms. The lowest BCUT2D eigenvalue weighted by molar-refractivity contribution is 0.477. The lowest BCUT2D eigenvalue weighted by Crippen LogP contribution is -1.99. The molecule has 2 heterocycles. The number of hydrogen-bond donors (Lipinski definition) is 1. The van der Waals surface area contributed by atoms with Crippen LogP contribution in [0.4, 0.5) is 0 Å². The molecule has 0 unspecified atom stereocenters. The molecule has 4 aromatic rings. The highest BCUT2D eigenvalue weighted by Crippen LogP contribution is 2.36. The van der Waals surface area contributed by atoms with Crippen LogP contribution in [0.3, 0.4) is 0 Å². The zero-order chi connectivity index (χ0) is 18.1. The number of phenols is 1. The van der Waals surface area contributed by atoms with Crippen LogP contribution in [-0.4, -0.2) is 14.5 Å². The van der Waals surface area contributed by atoms with E-state index in [2.05, 4.69) is 11.1 Å². The Morgan fingerprint density at radius 2 is 1.81 bits per heavy atom. The largest absolute Gasteiger partial charge is 0.507 e. The summed E-state index contributed by atoms with van der Waals surface area (Å²) in [5.74, 6) is 0.114. The van der Waals surface area contributed by atoms with E-state index in [1.165, 1.54) is 6.08 Å². The zero-order valence-electron chi connectivity index (χ0n) is 13.6. The third-order valence-corrected chi connectivity index (χ3v) is 4.22. The first-order valence-electron chi connectivity index (χ1n) is 7.93. The van der Waals surface area contributed by atoms with Crippen molar-refractivity contribution in [3.8, 4) is 29.1 Å². The number of nitrogens with zero attached hydrogens (tertiary/aromatic N) is 4. The van der Waals surface area contributed by atoms with Gasteiger partial charge in [0, 0.05) is 17.2 Å². The third kappa shape index (κ3) is 2.28. The quantitative estimate of drug-likeness (QED) is 0.554. The first-order valence-corrected chi connectivity index (χ1v) is 7.93. The molecule has 0 bridgehead atoms. The number of aromatic nitrogens is 2. The molecule has 0 aliphatic carbocycles. The predicted octanol–water partition coefficient (Wildman–Crippen LogP) is 4.27. The smallest absolute Gasteiger partial charge is 0.156 e. The molecular weight excluding hydrogens is 324 g/mol. The minimum atomic E-state index is 0.114. The van der Waals surface area contributed by atoms with Crippen molar-refractivity contribution in [2.45, 2.75) is 0 Å². The van der Waals surface area contributed by atoms with Gasteiger partial charge in [-0.25, -0.2) is 4.98 Å². The Kier molecular flexibility index (Phi) is 3.61. The minimum Gasteiger partial charge on any atom is -0.507 e. The van der Waals surface area contributed by atoms with Gasteiger partial charge in [0.25, 0.3) is 0 Å². The van der Waals surface area contributed by atoms with E-state index in [4.69, 9.17) is 5.26 Å². The van der Waals surface area contributed by atoms with Crippen molar-refractivity contribution in [1.82, 2.24) is 9.38 Å². The van der Waals surface area contributed by atoms with Gasteiger partial charge in [0.1, 0.15) is 11.8 Å². The first kappa shape index (κ1) is 15.4. The number of pyridine rings is 1. The number of benzene rings is 2. The molecule has 0 fully saturated rings. The molecule has 2 aromatic carbocycles. The zero-order valence-corrected chi connectivity index (χ0v) is 13.6. The Labute approximate surface area is 149 Å². The molecule has 1 N–H and O–H groups in total. The Morgan fingerprint density at radius 1 is 1.04 bits per heavy atom. The topological polar surface area (TPSA) is 85.1 Å². The van der Waals surface area contributed by atoms with Crippen LogP contribution < -0.4 is 0 Å². The molecule has 5 nitrogen and oxygen atoms in total. The van der Waals surface area contributed by atoms with Gasteiger partial charge >= 0.3 is 0 Å². The molecule has 0 amide bonds. The van der Waals surface area contributed by atoms with Crippen LogP contribution in [0.2, 0.25) is 0 Å². The number of imidazole rings is 1. The van der Waals surface area contributed by atoms with Crippen LogP contribution in [0.15, 0.2) is 60.7 Å². The number of phenolic OH excluding ortho intramolecular Hbond substituents is 1. The molecule has 0 atom stereocenters. The van der Waals surface area contributed by atoms with E-state index >= 15 is 0 Å². The number of nitriles is 2. The summed E-state index contributed by atoms with van der Waals surface area (Å²) < 4.78 is 1.86. The molecule has 4 rings (SSSR count). The fourth-order valence-corrected chi connectivity index (χ4v) is 3.14.